The van der Waals surface area contributed by atoms with Gasteiger partial charge in [-0.3, -0.25) is 9.59 Å². The minimum atomic E-state index is -4.31. The van der Waals surface area contributed by atoms with Gasteiger partial charge in [-0.2, -0.15) is 4.31 Å². The van der Waals surface area contributed by atoms with Gasteiger partial charge in [-0.15, -0.1) is 6.42 Å². The number of H-pyrrole nitrogens is 1. The number of terminal acetylenes is 1. The topological polar surface area (TPSA) is 113 Å². The highest BCUT2D eigenvalue weighted by Crippen LogP contribution is 2.32. The van der Waals surface area contributed by atoms with Crippen molar-refractivity contribution in [1.29, 1.82) is 0 Å². The lowest BCUT2D eigenvalue weighted by Crippen LogP contribution is -2.44. The van der Waals surface area contributed by atoms with E-state index in [-0.39, 0.29) is 50.5 Å². The Kier molecular flexibility index (Phi) is 8.92. The third-order valence-electron chi connectivity index (χ3n) is 7.55. The number of benzene rings is 3. The van der Waals surface area contributed by atoms with Crippen LogP contribution < -0.4 is 10.5 Å². The van der Waals surface area contributed by atoms with Crippen LogP contribution in [0.2, 0.25) is 0 Å². The molecule has 2 heterocycles. The average molecular weight is 621 g/mol. The quantitative estimate of drug-likeness (QED) is 0.222. The molecular weight excluding hydrogens is 590 g/mol. The number of anilines is 1. The molecule has 12 heteroatoms. The molecule has 0 bridgehead atoms. The van der Waals surface area contributed by atoms with Crippen LogP contribution in [0.3, 0.4) is 0 Å². The van der Waals surface area contributed by atoms with Crippen molar-refractivity contribution in [3.05, 3.63) is 105 Å². The van der Waals surface area contributed by atoms with Gasteiger partial charge in [0.15, 0.2) is 11.0 Å². The first-order valence-electron chi connectivity index (χ1n) is 13.8. The molecule has 1 unspecified atom stereocenters. The number of nitrogens with zero attached hydrogens (tertiary/aromatic N) is 3. The summed E-state index contributed by atoms with van der Waals surface area (Å²) in [6, 6.07) is 11.9. The molecule has 0 spiro atoms. The van der Waals surface area contributed by atoms with Crippen molar-refractivity contribution in [3.63, 3.8) is 0 Å². The monoisotopic (exact) mass is 620 g/mol. The van der Waals surface area contributed by atoms with Crippen LogP contribution in [0.1, 0.15) is 38.1 Å². The Morgan fingerprint density at radius 2 is 1.82 bits per heavy atom. The van der Waals surface area contributed by atoms with E-state index < -0.39 is 38.3 Å². The van der Waals surface area contributed by atoms with Crippen LogP contribution in [0.25, 0.3) is 10.9 Å². The Morgan fingerprint density at radius 1 is 1.11 bits per heavy atom. The Hall–Kier alpha value is -4.44. The van der Waals surface area contributed by atoms with Crippen LogP contribution in [0.15, 0.2) is 59.4 Å². The third-order valence-corrected chi connectivity index (χ3v) is 9.71. The Morgan fingerprint density at radius 3 is 2.48 bits per heavy atom. The third kappa shape index (κ3) is 6.26. The van der Waals surface area contributed by atoms with Gasteiger partial charge in [-0.25, -0.2) is 22.2 Å². The fraction of sp³-hybridized carbons (Fsp3) is 0.281. The second kappa shape index (κ2) is 12.7. The van der Waals surface area contributed by atoms with Crippen LogP contribution in [0, 0.1) is 37.8 Å². The molecule has 0 amide bonds. The maximum absolute atomic E-state index is 15.7. The number of aromatic amines is 1. The summed E-state index contributed by atoms with van der Waals surface area (Å²) >= 11 is 0. The SMILES string of the molecule is C#CCN(Cc1cc2c(=O)[nH]c(C)nc2cc1C)c1ccc(C(=O)C(c2ccc(F)cc2)S(=O)(=O)N2CCOCC2)c(F)c1. The van der Waals surface area contributed by atoms with Gasteiger partial charge < -0.3 is 14.6 Å². The van der Waals surface area contributed by atoms with Crippen molar-refractivity contribution >= 4 is 32.4 Å². The number of morpholine rings is 1. The number of aromatic nitrogens is 2. The molecule has 1 fully saturated rings. The number of hydrogen-bond acceptors (Lipinski definition) is 7. The Balaban J connectivity index is 1.49. The van der Waals surface area contributed by atoms with Crippen LogP contribution in [0.5, 0.6) is 0 Å². The Bertz CT molecular complexity index is 1930. The smallest absolute Gasteiger partial charge is 0.258 e. The standard InChI is InChI=1S/C32H30F2N4O5S/c1-4-11-37(19-23-17-27-29(16-20(23)2)35-21(3)36-32(27)40)25-9-10-26(28(34)18-25)30(39)31(22-5-7-24(33)8-6-22)44(41,42)38-12-14-43-15-13-38/h1,5-10,16-18,31H,11-15,19H2,2-3H3,(H,35,36,40). The van der Waals surface area contributed by atoms with Gasteiger partial charge in [-0.1, -0.05) is 18.1 Å². The normalized spacial score (nSPS) is 14.7. The van der Waals surface area contributed by atoms with E-state index in [0.717, 1.165) is 33.6 Å². The lowest BCUT2D eigenvalue weighted by atomic mass is 10.0. The van der Waals surface area contributed by atoms with Gasteiger partial charge >= 0.3 is 0 Å². The van der Waals surface area contributed by atoms with Gasteiger partial charge in [0.25, 0.3) is 5.56 Å². The van der Waals surface area contributed by atoms with Crippen LogP contribution in [0.4, 0.5) is 14.5 Å². The van der Waals surface area contributed by atoms with E-state index >= 15 is 4.39 Å². The van der Waals surface area contributed by atoms with Gasteiger partial charge in [0.05, 0.1) is 36.2 Å². The minimum absolute atomic E-state index is 0.0202. The molecule has 44 heavy (non-hydrogen) atoms. The molecule has 1 N–H and O–H groups in total. The highest BCUT2D eigenvalue weighted by molar-refractivity contribution is 7.90. The van der Waals surface area contributed by atoms with Gasteiger partial charge in [-0.05, 0) is 73.0 Å². The number of rotatable bonds is 9. The van der Waals surface area contributed by atoms with Crippen LogP contribution in [-0.4, -0.2) is 61.3 Å². The second-order valence-corrected chi connectivity index (χ2v) is 12.5. The van der Waals surface area contributed by atoms with E-state index in [1.165, 1.54) is 24.3 Å². The summed E-state index contributed by atoms with van der Waals surface area (Å²) in [5.74, 6) is 0.515. The number of fused-ring (bicyclic) bond motifs is 1. The zero-order valence-electron chi connectivity index (χ0n) is 24.1. The molecule has 0 aliphatic carbocycles. The van der Waals surface area contributed by atoms with Gasteiger partial charge in [0.2, 0.25) is 10.0 Å². The summed E-state index contributed by atoms with van der Waals surface area (Å²) in [5, 5.41) is -1.39. The molecule has 1 aromatic heterocycles. The van der Waals surface area contributed by atoms with E-state index in [9.17, 15) is 22.4 Å². The number of Topliss-reactive ketones (excluding diaryl/α,β-unsaturated/α-hetero) is 1. The fourth-order valence-corrected chi connectivity index (χ4v) is 7.12. The zero-order valence-corrected chi connectivity index (χ0v) is 25.0. The maximum atomic E-state index is 15.7. The van der Waals surface area contributed by atoms with E-state index in [2.05, 4.69) is 15.9 Å². The predicted octanol–water partition coefficient (Wildman–Crippen LogP) is 4.04. The first-order valence-corrected chi connectivity index (χ1v) is 15.3. The number of ether oxygens (including phenoxy) is 1. The number of carbonyl (C=O) groups excluding carboxylic acids is 1. The van der Waals surface area contributed by atoms with Gasteiger partial charge in [0, 0.05) is 25.3 Å². The summed E-state index contributed by atoms with van der Waals surface area (Å²) in [4.78, 5) is 35.1. The van der Waals surface area contributed by atoms with E-state index in [0.29, 0.717) is 22.4 Å². The van der Waals surface area contributed by atoms with Crippen molar-refractivity contribution in [2.24, 2.45) is 0 Å². The molecule has 0 saturated carbocycles. The molecule has 228 valence electrons. The lowest BCUT2D eigenvalue weighted by Gasteiger charge is -2.30. The van der Waals surface area contributed by atoms with Crippen molar-refractivity contribution < 1.29 is 26.7 Å². The number of hydrogen-bond donors (Lipinski definition) is 1. The molecule has 1 saturated heterocycles. The molecule has 0 radical (unpaired) electrons. The van der Waals surface area contributed by atoms with Gasteiger partial charge in [0.1, 0.15) is 17.5 Å². The summed E-state index contributed by atoms with van der Waals surface area (Å²) in [6.45, 7) is 4.23. The largest absolute Gasteiger partial charge is 0.379 e. The molecule has 1 atom stereocenters. The van der Waals surface area contributed by atoms with E-state index in [1.807, 2.05) is 6.92 Å². The van der Waals surface area contributed by atoms with Crippen LogP contribution in [-0.2, 0) is 21.3 Å². The minimum Gasteiger partial charge on any atom is -0.379 e. The summed E-state index contributed by atoms with van der Waals surface area (Å²) in [5.41, 5.74) is 1.81. The van der Waals surface area contributed by atoms with E-state index in [1.54, 1.807) is 24.0 Å². The molecule has 5 rings (SSSR count). The Labute approximate surface area is 253 Å². The second-order valence-electron chi connectivity index (χ2n) is 10.5. The predicted molar refractivity (Wildman–Crippen MR) is 163 cm³/mol. The van der Waals surface area contributed by atoms with Crippen molar-refractivity contribution in [2.45, 2.75) is 25.6 Å². The summed E-state index contributed by atoms with van der Waals surface area (Å²) < 4.78 is 63.3. The molecule has 4 aromatic rings. The number of nitrogens with one attached hydrogen (secondary N) is 1. The summed E-state index contributed by atoms with van der Waals surface area (Å²) in [7, 11) is -4.31. The van der Waals surface area contributed by atoms with Crippen LogP contribution >= 0.6 is 0 Å². The fourth-order valence-electron chi connectivity index (χ4n) is 5.26. The molecule has 1 aliphatic rings. The average Bonchev–Trinajstić information content (AvgIpc) is 2.98. The number of ketones is 1. The molecule has 3 aromatic carbocycles. The van der Waals surface area contributed by atoms with Crippen molar-refractivity contribution in [3.8, 4) is 12.3 Å². The van der Waals surface area contributed by atoms with Crippen molar-refractivity contribution in [2.75, 3.05) is 37.7 Å². The summed E-state index contributed by atoms with van der Waals surface area (Å²) in [6.07, 6.45) is 5.63. The highest BCUT2D eigenvalue weighted by atomic mass is 32.2. The number of halogens is 2. The lowest BCUT2D eigenvalue weighted by molar-refractivity contribution is 0.0720. The zero-order chi connectivity index (χ0) is 31.6. The molecule has 9 nitrogen and oxygen atoms in total. The number of carbonyl (C=O) groups is 1. The molecular formula is C32H30F2N4O5S. The molecule has 1 aliphatic heterocycles. The first kappa shape index (κ1) is 31.0. The number of sulfonamides is 1. The van der Waals surface area contributed by atoms with E-state index in [4.69, 9.17) is 11.2 Å². The van der Waals surface area contributed by atoms with Crippen molar-refractivity contribution in [1.82, 2.24) is 14.3 Å². The highest BCUT2D eigenvalue weighted by Gasteiger charge is 2.40. The maximum Gasteiger partial charge on any atom is 0.258 e. The first-order chi connectivity index (χ1) is 21.0. The number of aryl methyl sites for hydroxylation is 2.